The minimum atomic E-state index is -3.46. The van der Waals surface area contributed by atoms with Crippen molar-refractivity contribution in [2.45, 2.75) is 38.5 Å². The van der Waals surface area contributed by atoms with E-state index in [0.29, 0.717) is 24.7 Å². The maximum absolute atomic E-state index is 12.7. The molecule has 1 atom stereocenters. The van der Waals surface area contributed by atoms with E-state index < -0.39 is 10.0 Å². The van der Waals surface area contributed by atoms with Crippen molar-refractivity contribution < 1.29 is 8.42 Å². The summed E-state index contributed by atoms with van der Waals surface area (Å²) in [5.41, 5.74) is 8.23. The standard InChI is InChI=1S/C14H22N2O2S/c1-10-5-4-6-16(9-10)19(17,18)14-8-12(3)11(2)7-13(14)15/h7-8,10H,4-6,9,15H2,1-3H3. The van der Waals surface area contributed by atoms with Gasteiger partial charge in [-0.2, -0.15) is 4.31 Å². The van der Waals surface area contributed by atoms with Gasteiger partial charge >= 0.3 is 0 Å². The second kappa shape index (κ2) is 5.13. The van der Waals surface area contributed by atoms with E-state index in [0.717, 1.165) is 24.0 Å². The van der Waals surface area contributed by atoms with Crippen molar-refractivity contribution in [2.75, 3.05) is 18.8 Å². The molecule has 2 N–H and O–H groups in total. The number of hydrogen-bond acceptors (Lipinski definition) is 3. The van der Waals surface area contributed by atoms with Gasteiger partial charge in [-0.05, 0) is 55.9 Å². The fraction of sp³-hybridized carbons (Fsp3) is 0.571. The zero-order chi connectivity index (χ0) is 14.2. The summed E-state index contributed by atoms with van der Waals surface area (Å²) in [6.45, 7) is 7.12. The Bertz CT molecular complexity index is 581. The Morgan fingerprint density at radius 1 is 1.26 bits per heavy atom. The minimum Gasteiger partial charge on any atom is -0.398 e. The molecular weight excluding hydrogens is 260 g/mol. The van der Waals surface area contributed by atoms with Gasteiger partial charge in [0.25, 0.3) is 0 Å². The highest BCUT2D eigenvalue weighted by Gasteiger charge is 2.30. The molecule has 1 fully saturated rings. The molecule has 0 aliphatic carbocycles. The maximum atomic E-state index is 12.7. The van der Waals surface area contributed by atoms with Crippen LogP contribution in [0, 0.1) is 19.8 Å². The number of anilines is 1. The number of piperidine rings is 1. The number of sulfonamides is 1. The van der Waals surface area contributed by atoms with Crippen molar-refractivity contribution in [3.05, 3.63) is 23.3 Å². The third kappa shape index (κ3) is 2.77. The zero-order valence-electron chi connectivity index (χ0n) is 11.8. The highest BCUT2D eigenvalue weighted by atomic mass is 32.2. The van der Waals surface area contributed by atoms with Crippen LogP contribution >= 0.6 is 0 Å². The predicted octanol–water partition coefficient (Wildman–Crippen LogP) is 2.31. The van der Waals surface area contributed by atoms with E-state index >= 15 is 0 Å². The minimum absolute atomic E-state index is 0.254. The topological polar surface area (TPSA) is 63.4 Å². The molecule has 0 radical (unpaired) electrons. The molecule has 1 aliphatic heterocycles. The van der Waals surface area contributed by atoms with Crippen molar-refractivity contribution in [2.24, 2.45) is 5.92 Å². The second-order valence-electron chi connectivity index (χ2n) is 5.58. The van der Waals surface area contributed by atoms with Crippen LogP contribution in [0.1, 0.15) is 30.9 Å². The first-order valence-corrected chi connectivity index (χ1v) is 8.13. The molecule has 1 aliphatic rings. The molecule has 5 heteroatoms. The van der Waals surface area contributed by atoms with E-state index in [1.807, 2.05) is 13.8 Å². The summed E-state index contributed by atoms with van der Waals surface area (Å²) in [5.74, 6) is 0.413. The highest BCUT2D eigenvalue weighted by Crippen LogP contribution is 2.28. The lowest BCUT2D eigenvalue weighted by Gasteiger charge is -2.30. The number of nitrogens with zero attached hydrogens (tertiary/aromatic N) is 1. The number of nitrogens with two attached hydrogens (primary N) is 1. The highest BCUT2D eigenvalue weighted by molar-refractivity contribution is 7.89. The summed E-state index contributed by atoms with van der Waals surface area (Å²) in [4.78, 5) is 0.254. The first kappa shape index (κ1) is 14.3. The first-order chi connectivity index (χ1) is 8.82. The van der Waals surface area contributed by atoms with Gasteiger partial charge in [0, 0.05) is 13.1 Å². The molecule has 1 heterocycles. The fourth-order valence-corrected chi connectivity index (χ4v) is 4.32. The first-order valence-electron chi connectivity index (χ1n) is 6.69. The zero-order valence-corrected chi connectivity index (χ0v) is 12.6. The summed E-state index contributed by atoms with van der Waals surface area (Å²) in [5, 5.41) is 0. The van der Waals surface area contributed by atoms with Crippen molar-refractivity contribution in [3.8, 4) is 0 Å². The molecule has 106 valence electrons. The Kier molecular flexibility index (Phi) is 3.87. The third-order valence-corrected chi connectivity index (χ3v) is 5.78. The van der Waals surface area contributed by atoms with Crippen LogP contribution in [0.5, 0.6) is 0 Å². The van der Waals surface area contributed by atoms with Gasteiger partial charge in [-0.1, -0.05) is 6.92 Å². The molecule has 1 saturated heterocycles. The van der Waals surface area contributed by atoms with Crippen LogP contribution in [0.4, 0.5) is 5.69 Å². The van der Waals surface area contributed by atoms with Gasteiger partial charge in [0.15, 0.2) is 0 Å². The summed E-state index contributed by atoms with van der Waals surface area (Å²) in [6.07, 6.45) is 2.01. The quantitative estimate of drug-likeness (QED) is 0.847. The number of rotatable bonds is 2. The van der Waals surface area contributed by atoms with Gasteiger partial charge in [-0.25, -0.2) is 8.42 Å². The van der Waals surface area contributed by atoms with Crippen LogP contribution < -0.4 is 5.73 Å². The number of hydrogen-bond donors (Lipinski definition) is 1. The maximum Gasteiger partial charge on any atom is 0.245 e. The van der Waals surface area contributed by atoms with Crippen LogP contribution in [0.25, 0.3) is 0 Å². The van der Waals surface area contributed by atoms with E-state index in [4.69, 9.17) is 5.73 Å². The Morgan fingerprint density at radius 2 is 1.89 bits per heavy atom. The van der Waals surface area contributed by atoms with Crippen molar-refractivity contribution >= 4 is 15.7 Å². The van der Waals surface area contributed by atoms with Crippen molar-refractivity contribution in [1.82, 2.24) is 4.31 Å². The molecule has 0 spiro atoms. The van der Waals surface area contributed by atoms with Crippen molar-refractivity contribution in [3.63, 3.8) is 0 Å². The molecule has 1 aromatic rings. The SMILES string of the molecule is Cc1cc(N)c(S(=O)(=O)N2CCCC(C)C2)cc1C. The van der Waals surface area contributed by atoms with Crippen LogP contribution in [0.3, 0.4) is 0 Å². The lowest BCUT2D eigenvalue weighted by Crippen LogP contribution is -2.39. The van der Waals surface area contributed by atoms with E-state index in [9.17, 15) is 8.42 Å². The molecule has 4 nitrogen and oxygen atoms in total. The summed E-state index contributed by atoms with van der Waals surface area (Å²) >= 11 is 0. The Balaban J connectivity index is 2.42. The van der Waals surface area contributed by atoms with Crippen LogP contribution in [-0.4, -0.2) is 25.8 Å². The predicted molar refractivity (Wildman–Crippen MR) is 77.5 cm³/mol. The average Bonchev–Trinajstić information content (AvgIpc) is 2.33. The van der Waals surface area contributed by atoms with Gasteiger partial charge in [-0.3, -0.25) is 0 Å². The molecule has 1 aromatic carbocycles. The normalized spacial score (nSPS) is 21.5. The molecule has 0 aromatic heterocycles. The van der Waals surface area contributed by atoms with Gasteiger partial charge < -0.3 is 5.73 Å². The van der Waals surface area contributed by atoms with E-state index in [1.54, 1.807) is 16.4 Å². The molecule has 19 heavy (non-hydrogen) atoms. The summed E-state index contributed by atoms with van der Waals surface area (Å²) in [7, 11) is -3.46. The van der Waals surface area contributed by atoms with E-state index in [2.05, 4.69) is 6.92 Å². The lowest BCUT2D eigenvalue weighted by atomic mass is 10.0. The molecule has 2 rings (SSSR count). The Labute approximate surface area is 115 Å². The van der Waals surface area contributed by atoms with E-state index in [1.165, 1.54) is 0 Å². The summed E-state index contributed by atoms with van der Waals surface area (Å²) < 4.78 is 26.9. The number of nitrogen functional groups attached to an aromatic ring is 1. The molecular formula is C14H22N2O2S. The second-order valence-corrected chi connectivity index (χ2v) is 7.49. The smallest absolute Gasteiger partial charge is 0.245 e. The Morgan fingerprint density at radius 3 is 2.53 bits per heavy atom. The monoisotopic (exact) mass is 282 g/mol. The lowest BCUT2D eigenvalue weighted by molar-refractivity contribution is 0.281. The molecule has 0 saturated carbocycles. The van der Waals surface area contributed by atoms with Gasteiger partial charge in [0.1, 0.15) is 4.90 Å². The van der Waals surface area contributed by atoms with Crippen LogP contribution in [0.15, 0.2) is 17.0 Å². The van der Waals surface area contributed by atoms with E-state index in [-0.39, 0.29) is 4.90 Å². The summed E-state index contributed by atoms with van der Waals surface area (Å²) in [6, 6.07) is 3.44. The van der Waals surface area contributed by atoms with Gasteiger partial charge in [0.05, 0.1) is 5.69 Å². The fourth-order valence-electron chi connectivity index (χ4n) is 2.54. The Hall–Kier alpha value is -1.07. The van der Waals surface area contributed by atoms with Gasteiger partial charge in [-0.15, -0.1) is 0 Å². The van der Waals surface area contributed by atoms with Crippen LogP contribution in [0.2, 0.25) is 0 Å². The molecule has 1 unspecified atom stereocenters. The number of benzene rings is 1. The molecule has 0 amide bonds. The average molecular weight is 282 g/mol. The largest absolute Gasteiger partial charge is 0.398 e. The van der Waals surface area contributed by atoms with Gasteiger partial charge in [0.2, 0.25) is 10.0 Å². The van der Waals surface area contributed by atoms with Crippen LogP contribution in [-0.2, 0) is 10.0 Å². The molecule has 0 bridgehead atoms. The number of aryl methyl sites for hydroxylation is 2. The third-order valence-electron chi connectivity index (χ3n) is 3.86. The van der Waals surface area contributed by atoms with Crippen molar-refractivity contribution in [1.29, 1.82) is 0 Å².